The lowest BCUT2D eigenvalue weighted by Crippen LogP contribution is -2.59. The molecule has 0 aromatic heterocycles. The van der Waals surface area contributed by atoms with Gasteiger partial charge in [-0.25, -0.2) is 0 Å². The third-order valence-corrected chi connectivity index (χ3v) is 4.43. The predicted octanol–water partition coefficient (Wildman–Crippen LogP) is 0.742. The van der Waals surface area contributed by atoms with E-state index in [0.29, 0.717) is 38.8 Å². The molecular weight excluding hydrogens is 244 g/mol. The van der Waals surface area contributed by atoms with E-state index < -0.39 is 5.79 Å². The molecule has 2 saturated heterocycles. The minimum absolute atomic E-state index is 0.244. The summed E-state index contributed by atoms with van der Waals surface area (Å²) in [6.07, 6.45) is 5.51. The fraction of sp³-hybridized carbons (Fsp3) is 0.929. The molecule has 5 heteroatoms. The highest BCUT2D eigenvalue weighted by Crippen LogP contribution is 2.29. The van der Waals surface area contributed by atoms with E-state index in [-0.39, 0.29) is 5.92 Å². The lowest BCUT2D eigenvalue weighted by Gasteiger charge is -2.42. The van der Waals surface area contributed by atoms with Gasteiger partial charge in [0, 0.05) is 12.5 Å². The smallest absolute Gasteiger partial charge is 0.225 e. The summed E-state index contributed by atoms with van der Waals surface area (Å²) in [6.45, 7) is 4.22. The summed E-state index contributed by atoms with van der Waals surface area (Å²) in [6, 6.07) is 0. The van der Waals surface area contributed by atoms with E-state index in [4.69, 9.17) is 9.47 Å². The van der Waals surface area contributed by atoms with E-state index in [1.165, 1.54) is 12.8 Å². The number of rotatable bonds is 1. The standard InChI is InChI=1S/C14H24N2O3/c17-13(12-4-1-2-5-12)16-7-9-19-14(11-16)10-15-6-3-8-18-14/h12,15H,1-11H2. The number of hydrogen-bond donors (Lipinski definition) is 1. The Morgan fingerprint density at radius 1 is 1.16 bits per heavy atom. The fourth-order valence-corrected chi connectivity index (χ4v) is 3.36. The molecular formula is C14H24N2O3. The Balaban J connectivity index is 1.64. The molecule has 0 aromatic carbocycles. The zero-order valence-corrected chi connectivity index (χ0v) is 11.5. The number of nitrogens with zero attached hydrogens (tertiary/aromatic N) is 1. The van der Waals surface area contributed by atoms with E-state index in [1.54, 1.807) is 0 Å². The zero-order chi connectivity index (χ0) is 13.1. The summed E-state index contributed by atoms with van der Waals surface area (Å²) in [5.74, 6) is -0.0508. The van der Waals surface area contributed by atoms with Gasteiger partial charge in [-0.2, -0.15) is 0 Å². The fourth-order valence-electron chi connectivity index (χ4n) is 3.36. The van der Waals surface area contributed by atoms with Gasteiger partial charge in [0.15, 0.2) is 5.79 Å². The van der Waals surface area contributed by atoms with Crippen molar-refractivity contribution in [1.82, 2.24) is 10.2 Å². The van der Waals surface area contributed by atoms with Crippen molar-refractivity contribution in [3.8, 4) is 0 Å². The Hall–Kier alpha value is -0.650. The molecule has 1 spiro atoms. The average Bonchev–Trinajstić information content (AvgIpc) is 2.88. The molecule has 3 aliphatic rings. The topological polar surface area (TPSA) is 50.8 Å². The number of morpholine rings is 1. The summed E-state index contributed by atoms with van der Waals surface area (Å²) in [7, 11) is 0. The van der Waals surface area contributed by atoms with E-state index in [0.717, 1.165) is 25.8 Å². The van der Waals surface area contributed by atoms with Crippen molar-refractivity contribution in [1.29, 1.82) is 0 Å². The van der Waals surface area contributed by atoms with Crippen molar-refractivity contribution in [3.05, 3.63) is 0 Å². The van der Waals surface area contributed by atoms with Gasteiger partial charge < -0.3 is 19.7 Å². The third-order valence-electron chi connectivity index (χ3n) is 4.43. The van der Waals surface area contributed by atoms with Crippen LogP contribution < -0.4 is 5.32 Å². The highest BCUT2D eigenvalue weighted by atomic mass is 16.7. The second kappa shape index (κ2) is 5.77. The SMILES string of the molecule is O=C(C1CCCC1)N1CCOC2(CNCCCO2)C1. The summed E-state index contributed by atoms with van der Waals surface area (Å²) < 4.78 is 11.7. The van der Waals surface area contributed by atoms with Gasteiger partial charge in [-0.3, -0.25) is 4.79 Å². The number of hydrogen-bond acceptors (Lipinski definition) is 4. The van der Waals surface area contributed by atoms with Crippen molar-refractivity contribution >= 4 is 5.91 Å². The number of carbonyl (C=O) groups is 1. The average molecular weight is 268 g/mol. The molecule has 108 valence electrons. The number of ether oxygens (including phenoxy) is 2. The first-order valence-electron chi connectivity index (χ1n) is 7.57. The van der Waals surface area contributed by atoms with E-state index in [2.05, 4.69) is 5.32 Å². The second-order valence-corrected chi connectivity index (χ2v) is 5.88. The van der Waals surface area contributed by atoms with Gasteiger partial charge in [0.05, 0.1) is 26.3 Å². The maximum Gasteiger partial charge on any atom is 0.225 e. The highest BCUT2D eigenvalue weighted by Gasteiger charge is 2.41. The molecule has 1 unspecified atom stereocenters. The van der Waals surface area contributed by atoms with Crippen LogP contribution in [0.1, 0.15) is 32.1 Å². The van der Waals surface area contributed by atoms with Crippen LogP contribution >= 0.6 is 0 Å². The molecule has 3 rings (SSSR count). The number of amides is 1. The van der Waals surface area contributed by atoms with Gasteiger partial charge in [0.25, 0.3) is 0 Å². The van der Waals surface area contributed by atoms with Crippen LogP contribution in [0.15, 0.2) is 0 Å². The normalized spacial score (nSPS) is 33.6. The van der Waals surface area contributed by atoms with Gasteiger partial charge in [0.2, 0.25) is 5.91 Å². The molecule has 1 saturated carbocycles. The van der Waals surface area contributed by atoms with E-state index in [1.807, 2.05) is 4.90 Å². The summed E-state index contributed by atoms with van der Waals surface area (Å²) in [5.41, 5.74) is 0. The largest absolute Gasteiger partial charge is 0.347 e. The molecule has 2 heterocycles. The molecule has 1 aliphatic carbocycles. The first kappa shape index (κ1) is 13.3. The number of carbonyl (C=O) groups excluding carboxylic acids is 1. The molecule has 19 heavy (non-hydrogen) atoms. The van der Waals surface area contributed by atoms with Gasteiger partial charge in [-0.15, -0.1) is 0 Å². The van der Waals surface area contributed by atoms with Crippen molar-refractivity contribution in [2.45, 2.75) is 37.9 Å². The molecule has 1 N–H and O–H groups in total. The zero-order valence-electron chi connectivity index (χ0n) is 11.5. The van der Waals surface area contributed by atoms with Crippen molar-refractivity contribution < 1.29 is 14.3 Å². The molecule has 0 aromatic rings. The van der Waals surface area contributed by atoms with Gasteiger partial charge in [-0.1, -0.05) is 12.8 Å². The minimum atomic E-state index is -0.608. The van der Waals surface area contributed by atoms with Crippen LogP contribution in [0.2, 0.25) is 0 Å². The van der Waals surface area contributed by atoms with E-state index in [9.17, 15) is 4.79 Å². The van der Waals surface area contributed by atoms with Crippen LogP contribution in [0, 0.1) is 5.92 Å². The Bertz CT molecular complexity index is 321. The predicted molar refractivity (Wildman–Crippen MR) is 70.7 cm³/mol. The Kier molecular flexibility index (Phi) is 4.05. The van der Waals surface area contributed by atoms with Crippen LogP contribution in [0.4, 0.5) is 0 Å². The minimum Gasteiger partial charge on any atom is -0.347 e. The Morgan fingerprint density at radius 2 is 1.95 bits per heavy atom. The maximum absolute atomic E-state index is 12.5. The summed E-state index contributed by atoms with van der Waals surface area (Å²) in [5, 5.41) is 3.35. The summed E-state index contributed by atoms with van der Waals surface area (Å²) in [4.78, 5) is 14.5. The lowest BCUT2D eigenvalue weighted by molar-refractivity contribution is -0.257. The van der Waals surface area contributed by atoms with Crippen LogP contribution in [0.5, 0.6) is 0 Å². The quantitative estimate of drug-likeness (QED) is 0.762. The van der Waals surface area contributed by atoms with E-state index >= 15 is 0 Å². The molecule has 5 nitrogen and oxygen atoms in total. The lowest BCUT2D eigenvalue weighted by atomic mass is 10.1. The molecule has 1 atom stereocenters. The molecule has 3 fully saturated rings. The van der Waals surface area contributed by atoms with Gasteiger partial charge >= 0.3 is 0 Å². The van der Waals surface area contributed by atoms with Crippen LogP contribution in [-0.2, 0) is 14.3 Å². The van der Waals surface area contributed by atoms with Crippen molar-refractivity contribution in [3.63, 3.8) is 0 Å². The molecule has 0 radical (unpaired) electrons. The first-order valence-corrected chi connectivity index (χ1v) is 7.57. The maximum atomic E-state index is 12.5. The third kappa shape index (κ3) is 2.93. The van der Waals surface area contributed by atoms with Gasteiger partial charge in [0.1, 0.15) is 0 Å². The van der Waals surface area contributed by atoms with Crippen LogP contribution in [0.25, 0.3) is 0 Å². The summed E-state index contributed by atoms with van der Waals surface area (Å²) >= 11 is 0. The van der Waals surface area contributed by atoms with Crippen LogP contribution in [0.3, 0.4) is 0 Å². The molecule has 0 bridgehead atoms. The monoisotopic (exact) mass is 268 g/mol. The Labute approximate surface area is 114 Å². The first-order chi connectivity index (χ1) is 9.29. The number of nitrogens with one attached hydrogen (secondary N) is 1. The second-order valence-electron chi connectivity index (χ2n) is 5.88. The van der Waals surface area contributed by atoms with Gasteiger partial charge in [-0.05, 0) is 25.8 Å². The molecule has 2 aliphatic heterocycles. The van der Waals surface area contributed by atoms with Crippen molar-refractivity contribution in [2.75, 3.05) is 39.4 Å². The Morgan fingerprint density at radius 3 is 2.79 bits per heavy atom. The molecule has 1 amide bonds. The highest BCUT2D eigenvalue weighted by molar-refractivity contribution is 5.79. The van der Waals surface area contributed by atoms with Crippen LogP contribution in [-0.4, -0.2) is 56.0 Å². The van der Waals surface area contributed by atoms with Crippen molar-refractivity contribution in [2.24, 2.45) is 5.92 Å².